The first-order valence-electron chi connectivity index (χ1n) is 6.97. The van der Waals surface area contributed by atoms with Gasteiger partial charge in [0.15, 0.2) is 5.17 Å². The van der Waals surface area contributed by atoms with Crippen molar-refractivity contribution in [1.82, 2.24) is 5.32 Å². The number of non-ortho nitro benzene ring substituents is 1. The molecule has 1 aliphatic heterocycles. The molecule has 3 rings (SSSR count). The van der Waals surface area contributed by atoms with E-state index in [0.717, 1.165) is 5.56 Å². The maximum atomic E-state index is 12.0. The molecule has 1 atom stereocenters. The molecule has 122 valence electrons. The summed E-state index contributed by atoms with van der Waals surface area (Å²) < 4.78 is 5.08. The summed E-state index contributed by atoms with van der Waals surface area (Å²) in [6.07, 6.45) is 3.34. The predicted molar refractivity (Wildman–Crippen MR) is 90.1 cm³/mol. The van der Waals surface area contributed by atoms with Crippen molar-refractivity contribution in [3.63, 3.8) is 0 Å². The van der Waals surface area contributed by atoms with Gasteiger partial charge in [-0.25, -0.2) is 0 Å². The topological polar surface area (TPSA) is 110 Å². The number of carbonyl (C=O) groups is 1. The van der Waals surface area contributed by atoms with Crippen LogP contribution in [0.4, 0.5) is 5.69 Å². The van der Waals surface area contributed by atoms with Crippen LogP contribution in [-0.2, 0) is 11.2 Å². The van der Waals surface area contributed by atoms with Crippen LogP contribution in [0.2, 0.25) is 0 Å². The molecule has 1 aromatic carbocycles. The molecule has 0 saturated carbocycles. The Labute approximate surface area is 140 Å². The van der Waals surface area contributed by atoms with Gasteiger partial charge in [0.25, 0.3) is 5.69 Å². The third-order valence-corrected chi connectivity index (χ3v) is 4.27. The highest BCUT2D eigenvalue weighted by molar-refractivity contribution is 8.15. The van der Waals surface area contributed by atoms with Gasteiger partial charge < -0.3 is 9.73 Å². The normalized spacial score (nSPS) is 19.1. The van der Waals surface area contributed by atoms with Crippen LogP contribution in [0.1, 0.15) is 11.3 Å². The van der Waals surface area contributed by atoms with Crippen molar-refractivity contribution in [3.8, 4) is 0 Å². The number of nitrogens with zero attached hydrogens (tertiary/aromatic N) is 3. The van der Waals surface area contributed by atoms with E-state index in [0.29, 0.717) is 17.3 Å². The van der Waals surface area contributed by atoms with Crippen molar-refractivity contribution in [1.29, 1.82) is 0 Å². The molecular weight excluding hydrogens is 332 g/mol. The minimum absolute atomic E-state index is 0.00726. The molecule has 1 amide bonds. The quantitative estimate of drug-likeness (QED) is 0.508. The number of benzene rings is 1. The molecule has 1 aliphatic rings. The van der Waals surface area contributed by atoms with Gasteiger partial charge >= 0.3 is 0 Å². The SMILES string of the molecule is O=C1N/C(=N/N=C\c2ccco2)S[C@@H]1Cc1cccc([N+](=O)[O-])c1. The summed E-state index contributed by atoms with van der Waals surface area (Å²) in [5.41, 5.74) is 0.727. The summed E-state index contributed by atoms with van der Waals surface area (Å²) in [7, 11) is 0. The first-order chi connectivity index (χ1) is 11.6. The number of nitro groups is 1. The fourth-order valence-electron chi connectivity index (χ4n) is 2.10. The minimum atomic E-state index is -0.457. The number of nitro benzene ring substituents is 1. The van der Waals surface area contributed by atoms with Crippen molar-refractivity contribution < 1.29 is 14.1 Å². The molecule has 1 aromatic heterocycles. The van der Waals surface area contributed by atoms with Gasteiger partial charge in [0.2, 0.25) is 5.91 Å². The van der Waals surface area contributed by atoms with Gasteiger partial charge in [-0.05, 0) is 24.1 Å². The second-order valence-electron chi connectivity index (χ2n) is 4.89. The zero-order valence-corrected chi connectivity index (χ0v) is 13.1. The van der Waals surface area contributed by atoms with Crippen LogP contribution in [-0.4, -0.2) is 27.5 Å². The zero-order valence-electron chi connectivity index (χ0n) is 12.3. The first kappa shape index (κ1) is 15.9. The Balaban J connectivity index is 1.64. The Morgan fingerprint density at radius 3 is 3.00 bits per heavy atom. The van der Waals surface area contributed by atoms with Crippen LogP contribution in [0.25, 0.3) is 0 Å². The van der Waals surface area contributed by atoms with E-state index in [1.54, 1.807) is 24.3 Å². The molecule has 1 fully saturated rings. The van der Waals surface area contributed by atoms with Crippen LogP contribution in [0.3, 0.4) is 0 Å². The van der Waals surface area contributed by atoms with Gasteiger partial charge in [-0.3, -0.25) is 14.9 Å². The van der Waals surface area contributed by atoms with E-state index in [4.69, 9.17) is 4.42 Å². The molecule has 1 saturated heterocycles. The first-order valence-corrected chi connectivity index (χ1v) is 7.85. The zero-order chi connectivity index (χ0) is 16.9. The number of rotatable bonds is 5. The summed E-state index contributed by atoms with van der Waals surface area (Å²) in [5.74, 6) is 0.361. The van der Waals surface area contributed by atoms with E-state index < -0.39 is 10.2 Å². The lowest BCUT2D eigenvalue weighted by Gasteiger charge is -2.04. The third kappa shape index (κ3) is 3.87. The summed E-state index contributed by atoms with van der Waals surface area (Å²) in [5, 5.41) is 21.2. The lowest BCUT2D eigenvalue weighted by molar-refractivity contribution is -0.384. The predicted octanol–water partition coefficient (Wildman–Crippen LogP) is 2.35. The molecular formula is C15H12N4O4S. The van der Waals surface area contributed by atoms with Crippen LogP contribution in [0, 0.1) is 10.1 Å². The fraction of sp³-hybridized carbons (Fsp3) is 0.133. The number of furan rings is 1. The van der Waals surface area contributed by atoms with E-state index in [1.165, 1.54) is 36.4 Å². The molecule has 8 nitrogen and oxygen atoms in total. The van der Waals surface area contributed by atoms with Gasteiger partial charge in [-0.15, -0.1) is 5.10 Å². The molecule has 0 spiro atoms. The monoisotopic (exact) mass is 344 g/mol. The van der Waals surface area contributed by atoms with Crippen molar-refractivity contribution in [2.45, 2.75) is 11.7 Å². The summed E-state index contributed by atoms with van der Waals surface area (Å²) in [6.45, 7) is 0. The van der Waals surface area contributed by atoms with Gasteiger partial charge in [0.1, 0.15) is 5.76 Å². The molecule has 0 aliphatic carbocycles. The maximum Gasteiger partial charge on any atom is 0.269 e. The van der Waals surface area contributed by atoms with Crippen LogP contribution >= 0.6 is 11.8 Å². The molecule has 9 heteroatoms. The number of thioether (sulfide) groups is 1. The smallest absolute Gasteiger partial charge is 0.269 e. The molecule has 0 radical (unpaired) electrons. The van der Waals surface area contributed by atoms with E-state index in [2.05, 4.69) is 15.5 Å². The van der Waals surface area contributed by atoms with Crippen molar-refractivity contribution >= 4 is 34.7 Å². The highest BCUT2D eigenvalue weighted by atomic mass is 32.2. The molecule has 2 aromatic rings. The number of nitrogens with one attached hydrogen (secondary N) is 1. The molecule has 0 unspecified atom stereocenters. The second kappa shape index (κ2) is 7.09. The number of amides is 1. The Kier molecular flexibility index (Phi) is 4.71. The van der Waals surface area contributed by atoms with Crippen LogP contribution in [0.5, 0.6) is 0 Å². The Bertz CT molecular complexity index is 817. The van der Waals surface area contributed by atoms with Crippen LogP contribution in [0.15, 0.2) is 57.3 Å². The molecule has 24 heavy (non-hydrogen) atoms. The Hall–Kier alpha value is -2.94. The second-order valence-corrected chi connectivity index (χ2v) is 6.08. The third-order valence-electron chi connectivity index (χ3n) is 3.20. The van der Waals surface area contributed by atoms with Gasteiger partial charge in [0.05, 0.1) is 22.7 Å². The summed E-state index contributed by atoms with van der Waals surface area (Å²) in [6, 6.07) is 9.71. The highest BCUT2D eigenvalue weighted by Crippen LogP contribution is 2.24. The average Bonchev–Trinajstić information content (AvgIpc) is 3.18. The minimum Gasteiger partial charge on any atom is -0.463 e. The van der Waals surface area contributed by atoms with E-state index in [1.807, 2.05) is 0 Å². The lowest BCUT2D eigenvalue weighted by Crippen LogP contribution is -2.25. The summed E-state index contributed by atoms with van der Waals surface area (Å²) >= 11 is 1.24. The lowest BCUT2D eigenvalue weighted by atomic mass is 10.1. The average molecular weight is 344 g/mol. The number of hydrogen-bond acceptors (Lipinski definition) is 7. The maximum absolute atomic E-state index is 12.0. The van der Waals surface area contributed by atoms with Gasteiger partial charge in [-0.2, -0.15) is 5.10 Å². The van der Waals surface area contributed by atoms with Crippen molar-refractivity contribution in [2.75, 3.05) is 0 Å². The van der Waals surface area contributed by atoms with E-state index >= 15 is 0 Å². The Morgan fingerprint density at radius 2 is 2.25 bits per heavy atom. The van der Waals surface area contributed by atoms with Gasteiger partial charge in [0, 0.05) is 12.1 Å². The van der Waals surface area contributed by atoms with Crippen molar-refractivity contribution in [2.24, 2.45) is 10.2 Å². The van der Waals surface area contributed by atoms with Crippen LogP contribution < -0.4 is 5.32 Å². The highest BCUT2D eigenvalue weighted by Gasteiger charge is 2.30. The summed E-state index contributed by atoms with van der Waals surface area (Å²) in [4.78, 5) is 22.3. The standard InChI is InChI=1S/C15H12N4O4S/c20-14-13(8-10-3-1-4-11(7-10)19(21)22)24-15(17-14)18-16-9-12-5-2-6-23-12/h1-7,9,13H,8H2,(H,17,18,20)/b16-9-/t13-/m1/s1. The van der Waals surface area contributed by atoms with Crippen molar-refractivity contribution in [3.05, 3.63) is 64.1 Å². The molecule has 2 heterocycles. The van der Waals surface area contributed by atoms with E-state index in [-0.39, 0.29) is 11.6 Å². The largest absolute Gasteiger partial charge is 0.463 e. The number of carbonyl (C=O) groups excluding carboxylic acids is 1. The Morgan fingerprint density at radius 1 is 1.38 bits per heavy atom. The van der Waals surface area contributed by atoms with Gasteiger partial charge in [-0.1, -0.05) is 23.9 Å². The molecule has 0 bridgehead atoms. The number of hydrogen-bond donors (Lipinski definition) is 1. The molecule has 1 N–H and O–H groups in total. The fourth-order valence-corrected chi connectivity index (χ4v) is 3.07. The number of amidine groups is 1. The van der Waals surface area contributed by atoms with E-state index in [9.17, 15) is 14.9 Å².